The highest BCUT2D eigenvalue weighted by molar-refractivity contribution is 5.77. The predicted octanol–water partition coefficient (Wildman–Crippen LogP) is 2.24. The lowest BCUT2D eigenvalue weighted by atomic mass is 10.2. The van der Waals surface area contributed by atoms with E-state index in [1.807, 2.05) is 37.3 Å². The molecule has 0 unspecified atom stereocenters. The normalized spacial score (nSPS) is 10.7. The summed E-state index contributed by atoms with van der Waals surface area (Å²) in [5.41, 5.74) is 1.35. The van der Waals surface area contributed by atoms with E-state index in [0.717, 1.165) is 11.3 Å². The number of ether oxygens (including phenoxy) is 1. The molecule has 0 saturated carbocycles. The van der Waals surface area contributed by atoms with Crippen molar-refractivity contribution in [1.29, 1.82) is 0 Å². The van der Waals surface area contributed by atoms with Crippen LogP contribution < -0.4 is 10.3 Å². The van der Waals surface area contributed by atoms with Crippen LogP contribution >= 0.6 is 0 Å². The van der Waals surface area contributed by atoms with Crippen LogP contribution in [0.4, 0.5) is 0 Å². The molecule has 1 amide bonds. The Morgan fingerprint density at radius 2 is 1.89 bits per heavy atom. The lowest BCUT2D eigenvalue weighted by Crippen LogP contribution is -2.33. The van der Waals surface area contributed by atoms with Crippen molar-refractivity contribution < 1.29 is 9.53 Å². The standard InChI is InChI=1S/C20H22N4O3/c1-3-23(14-15-8-10-16(27-2)11-9-15)19(25)12-13-24-20(26)17-6-4-5-7-18(17)21-22-24/h4-11H,3,12-14H2,1-2H3. The van der Waals surface area contributed by atoms with E-state index in [2.05, 4.69) is 10.3 Å². The maximum absolute atomic E-state index is 12.6. The first-order valence-corrected chi connectivity index (χ1v) is 8.85. The molecule has 0 bridgehead atoms. The van der Waals surface area contributed by atoms with Crippen LogP contribution in [0.5, 0.6) is 5.75 Å². The van der Waals surface area contributed by atoms with Gasteiger partial charge < -0.3 is 9.64 Å². The Morgan fingerprint density at radius 3 is 2.59 bits per heavy atom. The van der Waals surface area contributed by atoms with E-state index < -0.39 is 0 Å². The zero-order valence-electron chi connectivity index (χ0n) is 15.5. The second-order valence-electron chi connectivity index (χ2n) is 6.14. The number of hydrogen-bond acceptors (Lipinski definition) is 5. The molecule has 0 aliphatic rings. The Balaban J connectivity index is 1.66. The zero-order valence-corrected chi connectivity index (χ0v) is 15.5. The fourth-order valence-corrected chi connectivity index (χ4v) is 2.86. The van der Waals surface area contributed by atoms with Crippen LogP contribution in [0.25, 0.3) is 10.9 Å². The molecule has 0 saturated heterocycles. The van der Waals surface area contributed by atoms with Gasteiger partial charge in [-0.2, -0.15) is 0 Å². The Hall–Kier alpha value is -3.22. The van der Waals surface area contributed by atoms with E-state index in [1.165, 1.54) is 4.68 Å². The third-order valence-corrected chi connectivity index (χ3v) is 4.43. The Morgan fingerprint density at radius 1 is 1.15 bits per heavy atom. The fourth-order valence-electron chi connectivity index (χ4n) is 2.86. The van der Waals surface area contributed by atoms with E-state index in [0.29, 0.717) is 24.0 Å². The van der Waals surface area contributed by atoms with Crippen molar-refractivity contribution in [2.24, 2.45) is 0 Å². The molecule has 3 aromatic rings. The molecule has 1 aromatic heterocycles. The fraction of sp³-hybridized carbons (Fsp3) is 0.300. The van der Waals surface area contributed by atoms with E-state index >= 15 is 0 Å². The molecule has 1 heterocycles. The van der Waals surface area contributed by atoms with Crippen molar-refractivity contribution in [3.8, 4) is 5.75 Å². The highest BCUT2D eigenvalue weighted by Gasteiger charge is 2.14. The van der Waals surface area contributed by atoms with Gasteiger partial charge in [0, 0.05) is 19.5 Å². The molecule has 140 valence electrons. The molecular weight excluding hydrogens is 344 g/mol. The van der Waals surface area contributed by atoms with Crippen LogP contribution in [0.15, 0.2) is 53.3 Å². The average molecular weight is 366 g/mol. The van der Waals surface area contributed by atoms with Crippen LogP contribution in [-0.2, 0) is 17.9 Å². The number of benzene rings is 2. The maximum atomic E-state index is 12.6. The number of aryl methyl sites for hydroxylation is 1. The van der Waals surface area contributed by atoms with Gasteiger partial charge in [0.25, 0.3) is 5.56 Å². The number of methoxy groups -OCH3 is 1. The van der Waals surface area contributed by atoms with Crippen molar-refractivity contribution in [2.75, 3.05) is 13.7 Å². The average Bonchev–Trinajstić information content (AvgIpc) is 2.72. The maximum Gasteiger partial charge on any atom is 0.277 e. The first-order chi connectivity index (χ1) is 13.1. The van der Waals surface area contributed by atoms with Crippen LogP contribution in [0.3, 0.4) is 0 Å². The lowest BCUT2D eigenvalue weighted by Gasteiger charge is -2.21. The van der Waals surface area contributed by atoms with Gasteiger partial charge in [-0.1, -0.05) is 29.5 Å². The third kappa shape index (κ3) is 4.31. The molecule has 0 spiro atoms. The summed E-state index contributed by atoms with van der Waals surface area (Å²) in [6.45, 7) is 3.23. The molecule has 7 nitrogen and oxygen atoms in total. The van der Waals surface area contributed by atoms with Gasteiger partial charge in [0.1, 0.15) is 11.3 Å². The van der Waals surface area contributed by atoms with E-state index in [4.69, 9.17) is 4.74 Å². The molecule has 0 N–H and O–H groups in total. The molecule has 2 aromatic carbocycles. The molecule has 0 radical (unpaired) electrons. The van der Waals surface area contributed by atoms with Crippen molar-refractivity contribution in [3.05, 3.63) is 64.4 Å². The summed E-state index contributed by atoms with van der Waals surface area (Å²) >= 11 is 0. The highest BCUT2D eigenvalue weighted by atomic mass is 16.5. The molecule has 0 aliphatic heterocycles. The molecular formula is C20H22N4O3. The van der Waals surface area contributed by atoms with Crippen molar-refractivity contribution >= 4 is 16.8 Å². The first-order valence-electron chi connectivity index (χ1n) is 8.85. The lowest BCUT2D eigenvalue weighted by molar-refractivity contribution is -0.131. The number of rotatable bonds is 7. The number of amides is 1. The van der Waals surface area contributed by atoms with Crippen LogP contribution in [0.2, 0.25) is 0 Å². The predicted molar refractivity (Wildman–Crippen MR) is 103 cm³/mol. The summed E-state index contributed by atoms with van der Waals surface area (Å²) in [7, 11) is 1.62. The van der Waals surface area contributed by atoms with Crippen molar-refractivity contribution in [1.82, 2.24) is 19.9 Å². The van der Waals surface area contributed by atoms with Crippen LogP contribution in [0.1, 0.15) is 18.9 Å². The van der Waals surface area contributed by atoms with Crippen LogP contribution in [-0.4, -0.2) is 39.5 Å². The van der Waals surface area contributed by atoms with Crippen molar-refractivity contribution in [3.63, 3.8) is 0 Å². The Bertz CT molecular complexity index is 982. The summed E-state index contributed by atoms with van der Waals surface area (Å²) in [6.07, 6.45) is 0.191. The molecule has 0 fully saturated rings. The van der Waals surface area contributed by atoms with Gasteiger partial charge >= 0.3 is 0 Å². The minimum Gasteiger partial charge on any atom is -0.497 e. The highest BCUT2D eigenvalue weighted by Crippen LogP contribution is 2.13. The summed E-state index contributed by atoms with van der Waals surface area (Å²) in [4.78, 5) is 26.8. The molecule has 7 heteroatoms. The molecule has 3 rings (SSSR count). The van der Waals surface area contributed by atoms with Gasteiger partial charge in [0.05, 0.1) is 19.0 Å². The summed E-state index contributed by atoms with van der Waals surface area (Å²) < 4.78 is 6.40. The zero-order chi connectivity index (χ0) is 19.2. The SMILES string of the molecule is CCN(Cc1ccc(OC)cc1)C(=O)CCn1nnc2ccccc2c1=O. The monoisotopic (exact) mass is 366 g/mol. The van der Waals surface area contributed by atoms with Gasteiger partial charge in [-0.3, -0.25) is 9.59 Å². The third-order valence-electron chi connectivity index (χ3n) is 4.43. The van der Waals surface area contributed by atoms with E-state index in [9.17, 15) is 9.59 Å². The summed E-state index contributed by atoms with van der Waals surface area (Å²) in [5.74, 6) is 0.748. The number of hydrogen-bond donors (Lipinski definition) is 0. The summed E-state index contributed by atoms with van der Waals surface area (Å²) in [6, 6.07) is 14.7. The second kappa shape index (κ2) is 8.44. The number of nitrogens with zero attached hydrogens (tertiary/aromatic N) is 4. The number of aromatic nitrogens is 3. The second-order valence-corrected chi connectivity index (χ2v) is 6.14. The van der Waals surface area contributed by atoms with Crippen molar-refractivity contribution in [2.45, 2.75) is 26.4 Å². The minimum atomic E-state index is -0.230. The number of fused-ring (bicyclic) bond motifs is 1. The molecule has 27 heavy (non-hydrogen) atoms. The summed E-state index contributed by atoms with van der Waals surface area (Å²) in [5, 5.41) is 8.49. The van der Waals surface area contributed by atoms with E-state index in [1.54, 1.807) is 30.2 Å². The van der Waals surface area contributed by atoms with Gasteiger partial charge in [-0.25, -0.2) is 4.68 Å². The quantitative estimate of drug-likeness (QED) is 0.641. The topological polar surface area (TPSA) is 77.3 Å². The largest absolute Gasteiger partial charge is 0.497 e. The minimum absolute atomic E-state index is 0.0322. The smallest absolute Gasteiger partial charge is 0.277 e. The van der Waals surface area contributed by atoms with Crippen LogP contribution in [0, 0.1) is 0 Å². The Labute approximate surface area is 157 Å². The number of carbonyl (C=O) groups is 1. The first kappa shape index (κ1) is 18.6. The van der Waals surface area contributed by atoms with E-state index in [-0.39, 0.29) is 24.4 Å². The van der Waals surface area contributed by atoms with Gasteiger partial charge in [-0.15, -0.1) is 5.10 Å². The Kier molecular flexibility index (Phi) is 5.80. The number of carbonyl (C=O) groups excluding carboxylic acids is 1. The molecule has 0 atom stereocenters. The molecule has 0 aliphatic carbocycles. The van der Waals surface area contributed by atoms with Gasteiger partial charge in [0.2, 0.25) is 5.91 Å². The van der Waals surface area contributed by atoms with Gasteiger partial charge in [-0.05, 0) is 36.8 Å². The van der Waals surface area contributed by atoms with Gasteiger partial charge in [0.15, 0.2) is 0 Å².